The molecule has 0 N–H and O–H groups in total. The Morgan fingerprint density at radius 1 is 1.26 bits per heavy atom. The van der Waals surface area contributed by atoms with Gasteiger partial charge in [0.1, 0.15) is 5.82 Å². The van der Waals surface area contributed by atoms with E-state index in [1.165, 1.54) is 4.31 Å². The summed E-state index contributed by atoms with van der Waals surface area (Å²) in [5, 5.41) is 4.37. The molecule has 27 heavy (non-hydrogen) atoms. The second kappa shape index (κ2) is 8.04. The van der Waals surface area contributed by atoms with Crippen molar-refractivity contribution in [2.24, 2.45) is 0 Å². The first-order valence-electron chi connectivity index (χ1n) is 9.41. The van der Waals surface area contributed by atoms with Gasteiger partial charge in [0, 0.05) is 33.4 Å². The smallest absolute Gasteiger partial charge is 0.263 e. The minimum absolute atomic E-state index is 0.269. The van der Waals surface area contributed by atoms with Crippen LogP contribution in [0.15, 0.2) is 18.3 Å². The lowest BCUT2D eigenvalue weighted by molar-refractivity contribution is 0.238. The summed E-state index contributed by atoms with van der Waals surface area (Å²) >= 11 is 0. The third kappa shape index (κ3) is 4.04. The lowest BCUT2D eigenvalue weighted by atomic mass is 10.0. The van der Waals surface area contributed by atoms with Gasteiger partial charge in [0.05, 0.1) is 23.1 Å². The molecule has 0 spiro atoms. The maximum absolute atomic E-state index is 12.8. The largest absolute Gasteiger partial charge is 0.282 e. The van der Waals surface area contributed by atoms with E-state index in [2.05, 4.69) is 22.0 Å². The van der Waals surface area contributed by atoms with Gasteiger partial charge in [0.25, 0.3) is 10.2 Å². The van der Waals surface area contributed by atoms with Gasteiger partial charge in [-0.05, 0) is 38.3 Å². The Morgan fingerprint density at radius 3 is 2.74 bits per heavy atom. The van der Waals surface area contributed by atoms with Crippen LogP contribution >= 0.6 is 0 Å². The summed E-state index contributed by atoms with van der Waals surface area (Å²) in [7, 11) is -0.364. The highest BCUT2D eigenvalue weighted by Crippen LogP contribution is 2.34. The van der Waals surface area contributed by atoms with Gasteiger partial charge in [0.2, 0.25) is 0 Å². The Balaban J connectivity index is 2.03. The van der Waals surface area contributed by atoms with Gasteiger partial charge in [-0.15, -0.1) is 0 Å². The number of hydrogen-bond donors (Lipinski definition) is 0. The van der Waals surface area contributed by atoms with Crippen molar-refractivity contribution in [2.45, 2.75) is 52.1 Å². The van der Waals surface area contributed by atoms with Gasteiger partial charge in [-0.1, -0.05) is 13.3 Å². The molecule has 1 aliphatic heterocycles. The van der Waals surface area contributed by atoms with Crippen LogP contribution in [-0.2, 0) is 16.8 Å². The van der Waals surface area contributed by atoms with Crippen LogP contribution in [0.3, 0.4) is 0 Å². The molecule has 0 amide bonds. The van der Waals surface area contributed by atoms with Crippen molar-refractivity contribution in [1.82, 2.24) is 28.4 Å². The van der Waals surface area contributed by atoms with Gasteiger partial charge in [0.15, 0.2) is 0 Å². The summed E-state index contributed by atoms with van der Waals surface area (Å²) in [6.45, 7) is 5.28. The molecule has 8 nitrogen and oxygen atoms in total. The van der Waals surface area contributed by atoms with Gasteiger partial charge in [-0.25, -0.2) is 9.97 Å². The average molecular weight is 393 g/mol. The van der Waals surface area contributed by atoms with Crippen LogP contribution in [-0.4, -0.2) is 57.4 Å². The second-order valence-corrected chi connectivity index (χ2v) is 9.17. The highest BCUT2D eigenvalue weighted by Gasteiger charge is 2.35. The van der Waals surface area contributed by atoms with Crippen molar-refractivity contribution in [3.63, 3.8) is 0 Å². The molecule has 1 atom stereocenters. The summed E-state index contributed by atoms with van der Waals surface area (Å²) in [6.07, 6.45) is 5.35. The van der Waals surface area contributed by atoms with Crippen LogP contribution in [0.4, 0.5) is 0 Å². The summed E-state index contributed by atoms with van der Waals surface area (Å²) in [6, 6.07) is 3.59. The molecule has 0 radical (unpaired) electrons. The van der Waals surface area contributed by atoms with Crippen molar-refractivity contribution >= 4 is 10.2 Å². The molecule has 1 fully saturated rings. The van der Waals surface area contributed by atoms with Crippen molar-refractivity contribution < 1.29 is 8.42 Å². The molecular formula is C18H28N6O2S. The fraction of sp³-hybridized carbons (Fsp3) is 0.611. The molecule has 148 valence electrons. The van der Waals surface area contributed by atoms with Crippen molar-refractivity contribution in [2.75, 3.05) is 20.6 Å². The topological polar surface area (TPSA) is 84.2 Å². The molecule has 2 aromatic rings. The SMILES string of the molecule is CCCn1nccc1-c1cc([C@@H]2CCCCN2S(=O)(=O)N(C)C)nc(C)n1. The molecule has 0 bridgehead atoms. The Labute approximate surface area is 161 Å². The predicted molar refractivity (Wildman–Crippen MR) is 104 cm³/mol. The molecule has 3 rings (SSSR count). The Bertz CT molecular complexity index is 893. The number of piperidine rings is 1. The van der Waals surface area contributed by atoms with Crippen molar-refractivity contribution in [3.8, 4) is 11.4 Å². The Morgan fingerprint density at radius 2 is 2.04 bits per heavy atom. The van der Waals surface area contributed by atoms with Gasteiger partial charge in [-0.3, -0.25) is 4.68 Å². The van der Waals surface area contributed by atoms with E-state index < -0.39 is 10.2 Å². The first-order valence-corrected chi connectivity index (χ1v) is 10.8. The maximum atomic E-state index is 12.8. The van der Waals surface area contributed by atoms with Crippen molar-refractivity contribution in [3.05, 3.63) is 29.8 Å². The van der Waals surface area contributed by atoms with E-state index in [1.54, 1.807) is 24.6 Å². The van der Waals surface area contributed by atoms with Gasteiger partial charge in [-0.2, -0.15) is 22.1 Å². The van der Waals surface area contributed by atoms with Gasteiger partial charge >= 0.3 is 0 Å². The molecule has 2 aromatic heterocycles. The highest BCUT2D eigenvalue weighted by atomic mass is 32.2. The lowest BCUT2D eigenvalue weighted by Gasteiger charge is -2.36. The summed E-state index contributed by atoms with van der Waals surface area (Å²) < 4.78 is 30.4. The van der Waals surface area contributed by atoms with Crippen LogP contribution < -0.4 is 0 Å². The number of aryl methyl sites for hydroxylation is 2. The van der Waals surface area contributed by atoms with Crippen LogP contribution in [0.2, 0.25) is 0 Å². The zero-order chi connectivity index (χ0) is 19.6. The third-order valence-corrected chi connectivity index (χ3v) is 6.78. The standard InChI is InChI=1S/C18H28N6O2S/c1-5-11-23-17(9-10-19-23)15-13-16(21-14(2)20-15)18-8-6-7-12-24(18)27(25,26)22(3)4/h9-10,13,18H,5-8,11-12H2,1-4H3/t18-/m0/s1. The van der Waals surface area contributed by atoms with E-state index in [1.807, 2.05) is 23.7 Å². The van der Waals surface area contributed by atoms with E-state index >= 15 is 0 Å². The zero-order valence-electron chi connectivity index (χ0n) is 16.5. The van der Waals surface area contributed by atoms with Crippen LogP contribution in [0.25, 0.3) is 11.4 Å². The summed E-state index contributed by atoms with van der Waals surface area (Å²) in [4.78, 5) is 9.19. The zero-order valence-corrected chi connectivity index (χ0v) is 17.3. The Hall–Kier alpha value is -1.84. The van der Waals surface area contributed by atoms with Crippen LogP contribution in [0.5, 0.6) is 0 Å². The second-order valence-electron chi connectivity index (χ2n) is 7.08. The first-order chi connectivity index (χ1) is 12.8. The summed E-state index contributed by atoms with van der Waals surface area (Å²) in [5.74, 6) is 0.638. The van der Waals surface area contributed by atoms with E-state index in [0.717, 1.165) is 49.3 Å². The maximum Gasteiger partial charge on any atom is 0.282 e. The minimum atomic E-state index is -3.50. The molecule has 1 aliphatic rings. The molecule has 9 heteroatoms. The number of rotatable bonds is 6. The number of aromatic nitrogens is 4. The van der Waals surface area contributed by atoms with E-state index in [0.29, 0.717) is 12.4 Å². The quantitative estimate of drug-likeness (QED) is 0.754. The van der Waals surface area contributed by atoms with Gasteiger partial charge < -0.3 is 0 Å². The van der Waals surface area contributed by atoms with E-state index in [4.69, 9.17) is 0 Å². The average Bonchev–Trinajstić information content (AvgIpc) is 3.10. The molecule has 1 saturated heterocycles. The molecule has 3 heterocycles. The molecule has 0 saturated carbocycles. The Kier molecular flexibility index (Phi) is 5.92. The van der Waals surface area contributed by atoms with Crippen molar-refractivity contribution in [1.29, 1.82) is 0 Å². The highest BCUT2D eigenvalue weighted by molar-refractivity contribution is 7.86. The number of nitrogens with zero attached hydrogens (tertiary/aromatic N) is 6. The summed E-state index contributed by atoms with van der Waals surface area (Å²) in [5.41, 5.74) is 2.48. The monoisotopic (exact) mass is 392 g/mol. The fourth-order valence-electron chi connectivity index (χ4n) is 3.52. The minimum Gasteiger partial charge on any atom is -0.263 e. The molecular weight excluding hydrogens is 364 g/mol. The number of hydrogen-bond acceptors (Lipinski definition) is 5. The normalized spacial score (nSPS) is 18.9. The van der Waals surface area contributed by atoms with E-state index in [-0.39, 0.29) is 6.04 Å². The molecule has 0 unspecified atom stereocenters. The predicted octanol–water partition coefficient (Wildman–Crippen LogP) is 2.39. The van der Waals surface area contributed by atoms with Crippen LogP contribution in [0, 0.1) is 6.92 Å². The van der Waals surface area contributed by atoms with Crippen LogP contribution in [0.1, 0.15) is 50.2 Å². The third-order valence-electron chi connectivity index (χ3n) is 4.83. The first kappa shape index (κ1) is 19.9. The van der Waals surface area contributed by atoms with E-state index in [9.17, 15) is 8.42 Å². The lowest BCUT2D eigenvalue weighted by Crippen LogP contribution is -2.44. The molecule has 0 aromatic carbocycles. The molecule has 0 aliphatic carbocycles. The fourth-order valence-corrected chi connectivity index (χ4v) is 4.83.